The highest BCUT2D eigenvalue weighted by atomic mass is 32.2. The molecule has 2 aromatic rings. The van der Waals surface area contributed by atoms with Crippen molar-refractivity contribution in [3.05, 3.63) is 48.5 Å². The van der Waals surface area contributed by atoms with Gasteiger partial charge in [-0.15, -0.1) is 0 Å². The third-order valence-corrected chi connectivity index (χ3v) is 4.48. The molecule has 0 aromatic heterocycles. The van der Waals surface area contributed by atoms with Crippen molar-refractivity contribution < 1.29 is 35.4 Å². The number of rotatable bonds is 4. The molecule has 0 aliphatic carbocycles. The van der Waals surface area contributed by atoms with Gasteiger partial charge < -0.3 is 9.47 Å². The first-order valence-electron chi connectivity index (χ1n) is 6.32. The molecule has 2 N–H and O–H groups in total. The molecule has 0 heterocycles. The molecule has 0 atom stereocenters. The Labute approximate surface area is 140 Å². The number of ether oxygens (including phenoxy) is 2. The van der Waals surface area contributed by atoms with Crippen LogP contribution < -0.4 is 9.47 Å². The average molecular weight is 376 g/mol. The molecule has 8 nitrogen and oxygen atoms in total. The monoisotopic (exact) mass is 376 g/mol. The summed E-state index contributed by atoms with van der Waals surface area (Å²) in [6, 6.07) is 11.7. The van der Waals surface area contributed by atoms with Crippen LogP contribution in [0, 0.1) is 0 Å². The van der Waals surface area contributed by atoms with Gasteiger partial charge in [0.15, 0.2) is 0 Å². The van der Waals surface area contributed by atoms with Gasteiger partial charge in [-0.3, -0.25) is 9.11 Å². The van der Waals surface area contributed by atoms with Crippen molar-refractivity contribution in [3.8, 4) is 11.5 Å². The van der Waals surface area contributed by atoms with E-state index in [9.17, 15) is 16.8 Å². The molecule has 0 aliphatic rings. The van der Waals surface area contributed by atoms with Crippen molar-refractivity contribution in [1.29, 1.82) is 0 Å². The predicted molar refractivity (Wildman–Crippen MR) is 85.6 cm³/mol. The van der Waals surface area contributed by atoms with E-state index < -0.39 is 20.2 Å². The van der Waals surface area contributed by atoms with Gasteiger partial charge in [0, 0.05) is 0 Å². The van der Waals surface area contributed by atoms with Crippen LogP contribution in [0.15, 0.2) is 58.3 Å². The van der Waals surface area contributed by atoms with Crippen molar-refractivity contribution in [1.82, 2.24) is 0 Å². The molecule has 0 amide bonds. The molecule has 0 unspecified atom stereocenters. The highest BCUT2D eigenvalue weighted by Crippen LogP contribution is 2.22. The summed E-state index contributed by atoms with van der Waals surface area (Å²) < 4.78 is 69.6. The van der Waals surface area contributed by atoms with Crippen LogP contribution in [0.2, 0.25) is 0 Å². The van der Waals surface area contributed by atoms with E-state index in [0.717, 1.165) is 0 Å². The number of hydrogen-bond donors (Lipinski definition) is 2. The Hall–Kier alpha value is -2.14. The second kappa shape index (κ2) is 8.11. The van der Waals surface area contributed by atoms with Gasteiger partial charge in [0.1, 0.15) is 21.3 Å². The van der Waals surface area contributed by atoms with Crippen LogP contribution in [-0.2, 0) is 20.2 Å². The van der Waals surface area contributed by atoms with E-state index in [1.165, 1.54) is 50.6 Å². The lowest BCUT2D eigenvalue weighted by Gasteiger charge is -2.03. The minimum atomic E-state index is -4.17. The van der Waals surface area contributed by atoms with E-state index >= 15 is 0 Å². The van der Waals surface area contributed by atoms with Gasteiger partial charge in [-0.2, -0.15) is 16.8 Å². The van der Waals surface area contributed by atoms with Gasteiger partial charge in [0.2, 0.25) is 0 Å². The summed E-state index contributed by atoms with van der Waals surface area (Å²) in [6.07, 6.45) is 0. The first-order valence-corrected chi connectivity index (χ1v) is 9.20. The van der Waals surface area contributed by atoms with E-state index in [-0.39, 0.29) is 21.3 Å². The molecule has 0 bridgehead atoms. The molecule has 0 fully saturated rings. The van der Waals surface area contributed by atoms with Gasteiger partial charge in [0.25, 0.3) is 20.2 Å². The fourth-order valence-corrected chi connectivity index (χ4v) is 2.98. The Bertz CT molecular complexity index is 813. The van der Waals surface area contributed by atoms with E-state index in [4.69, 9.17) is 18.6 Å². The molecule has 0 saturated carbocycles. The number of methoxy groups -OCH3 is 2. The molecule has 2 aromatic carbocycles. The smallest absolute Gasteiger partial charge is 0.298 e. The maximum atomic E-state index is 10.7. The van der Waals surface area contributed by atoms with Gasteiger partial charge in [-0.25, -0.2) is 0 Å². The quantitative estimate of drug-likeness (QED) is 0.774. The normalized spacial score (nSPS) is 11.2. The average Bonchev–Trinajstić information content (AvgIpc) is 2.53. The first kappa shape index (κ1) is 19.9. The highest BCUT2D eigenvalue weighted by molar-refractivity contribution is 7.86. The summed E-state index contributed by atoms with van der Waals surface area (Å²) in [5.74, 6) is 0.278. The van der Waals surface area contributed by atoms with Crippen LogP contribution in [0.5, 0.6) is 11.5 Å². The Kier molecular flexibility index (Phi) is 6.72. The summed E-state index contributed by atoms with van der Waals surface area (Å²) in [4.78, 5) is -0.431. The van der Waals surface area contributed by atoms with Crippen molar-refractivity contribution in [2.24, 2.45) is 0 Å². The van der Waals surface area contributed by atoms with Crippen LogP contribution in [0.1, 0.15) is 0 Å². The minimum Gasteiger partial charge on any atom is -0.495 e. The lowest BCUT2D eigenvalue weighted by molar-refractivity contribution is 0.397. The second-order valence-corrected chi connectivity index (χ2v) is 7.03. The fourth-order valence-electron chi connectivity index (χ4n) is 1.66. The van der Waals surface area contributed by atoms with Crippen molar-refractivity contribution >= 4 is 20.2 Å². The minimum absolute atomic E-state index is 0.139. The second-order valence-electron chi connectivity index (χ2n) is 4.25. The predicted octanol–water partition coefficient (Wildman–Crippen LogP) is 1.88. The summed E-state index contributed by atoms with van der Waals surface area (Å²) in [6.45, 7) is 0. The summed E-state index contributed by atoms with van der Waals surface area (Å²) in [7, 11) is -5.67. The van der Waals surface area contributed by atoms with Gasteiger partial charge in [0.05, 0.1) is 14.2 Å². The Morgan fingerprint density at radius 1 is 0.667 bits per heavy atom. The Morgan fingerprint density at radius 2 is 0.958 bits per heavy atom. The first-order chi connectivity index (χ1) is 11.1. The van der Waals surface area contributed by atoms with Gasteiger partial charge in [-0.05, 0) is 24.3 Å². The molecular weight excluding hydrogens is 360 g/mol. The number of para-hydroxylation sites is 2. The molecule has 10 heteroatoms. The van der Waals surface area contributed by atoms with E-state index in [0.29, 0.717) is 0 Å². The molecule has 132 valence electrons. The topological polar surface area (TPSA) is 127 Å². The molecule has 0 spiro atoms. The van der Waals surface area contributed by atoms with E-state index in [2.05, 4.69) is 0 Å². The van der Waals surface area contributed by atoms with Gasteiger partial charge in [-0.1, -0.05) is 24.3 Å². The van der Waals surface area contributed by atoms with Crippen LogP contribution >= 0.6 is 0 Å². The lowest BCUT2D eigenvalue weighted by Crippen LogP contribution is -2.00. The molecule has 0 saturated heterocycles. The summed E-state index contributed by atoms with van der Waals surface area (Å²) >= 11 is 0. The molecule has 24 heavy (non-hydrogen) atoms. The van der Waals surface area contributed by atoms with Crippen molar-refractivity contribution in [3.63, 3.8) is 0 Å². The number of hydrogen-bond acceptors (Lipinski definition) is 6. The highest BCUT2D eigenvalue weighted by Gasteiger charge is 2.15. The summed E-state index contributed by atoms with van der Waals surface area (Å²) in [5.41, 5.74) is 0. The zero-order valence-electron chi connectivity index (χ0n) is 12.8. The van der Waals surface area contributed by atoms with Crippen molar-refractivity contribution in [2.75, 3.05) is 14.2 Å². The lowest BCUT2D eigenvalue weighted by atomic mass is 10.3. The largest absolute Gasteiger partial charge is 0.495 e. The van der Waals surface area contributed by atoms with Crippen LogP contribution in [0.25, 0.3) is 0 Å². The van der Waals surface area contributed by atoms with Crippen LogP contribution in [0.3, 0.4) is 0 Å². The maximum Gasteiger partial charge on any atom is 0.298 e. The molecular formula is C14H16O8S2. The summed E-state index contributed by atoms with van der Waals surface area (Å²) in [5, 5.41) is 0. The maximum absolute atomic E-state index is 10.7. The Morgan fingerprint density at radius 3 is 1.17 bits per heavy atom. The van der Waals surface area contributed by atoms with Crippen LogP contribution in [0.4, 0.5) is 0 Å². The zero-order valence-corrected chi connectivity index (χ0v) is 14.4. The van der Waals surface area contributed by atoms with E-state index in [1.54, 1.807) is 12.1 Å². The van der Waals surface area contributed by atoms with Crippen molar-refractivity contribution in [2.45, 2.75) is 9.79 Å². The zero-order chi connectivity index (χ0) is 18.4. The van der Waals surface area contributed by atoms with Gasteiger partial charge >= 0.3 is 0 Å². The van der Waals surface area contributed by atoms with Crippen LogP contribution in [-0.4, -0.2) is 40.2 Å². The third-order valence-electron chi connectivity index (χ3n) is 2.69. The SMILES string of the molecule is COc1ccccc1S(=O)(=O)O.COc1ccccc1S(=O)(=O)O. The third kappa shape index (κ3) is 5.49. The standard InChI is InChI=1S/2C7H8O4S/c2*1-11-6-4-2-3-5-7(6)12(8,9)10/h2*2-5H,1H3,(H,8,9,10). The molecule has 2 rings (SSSR count). The molecule has 0 radical (unpaired) electrons. The van der Waals surface area contributed by atoms with E-state index in [1.807, 2.05) is 0 Å². The fraction of sp³-hybridized carbons (Fsp3) is 0.143. The molecule has 0 aliphatic heterocycles. The Balaban J connectivity index is 0.000000240. The number of benzene rings is 2.